The minimum absolute atomic E-state index is 0.0269. The van der Waals surface area contributed by atoms with Crippen molar-refractivity contribution < 1.29 is 22.3 Å². The molecule has 5 aromatic rings. The Hall–Kier alpha value is -4.32. The van der Waals surface area contributed by atoms with Gasteiger partial charge in [0.05, 0.1) is 32.9 Å². The summed E-state index contributed by atoms with van der Waals surface area (Å²) in [6.45, 7) is 2.58. The van der Waals surface area contributed by atoms with Crippen LogP contribution >= 0.6 is 15.9 Å². The molecule has 0 fully saturated rings. The summed E-state index contributed by atoms with van der Waals surface area (Å²) in [6.07, 6.45) is 6.55. The third kappa shape index (κ3) is 7.32. The molecule has 2 heterocycles. The van der Waals surface area contributed by atoms with E-state index in [9.17, 15) is 12.8 Å². The molecule has 0 bridgehead atoms. The van der Waals surface area contributed by atoms with Gasteiger partial charge < -0.3 is 20.1 Å². The summed E-state index contributed by atoms with van der Waals surface area (Å²) in [5.74, 6) is 0.911. The lowest BCUT2D eigenvalue weighted by atomic mass is 9.82. The van der Waals surface area contributed by atoms with E-state index in [2.05, 4.69) is 43.5 Å². The van der Waals surface area contributed by atoms with Gasteiger partial charge in [0.2, 0.25) is 0 Å². The molecule has 4 aromatic carbocycles. The molecule has 2 N–H and O–H groups in total. The Labute approximate surface area is 282 Å². The van der Waals surface area contributed by atoms with Crippen LogP contribution in [0.15, 0.2) is 119 Å². The van der Waals surface area contributed by atoms with Crippen LogP contribution in [-0.2, 0) is 26.8 Å². The van der Waals surface area contributed by atoms with E-state index in [1.807, 2.05) is 48.5 Å². The number of aromatic nitrogens is 2. The van der Waals surface area contributed by atoms with Gasteiger partial charge in [-0.25, -0.2) is 22.8 Å². The maximum absolute atomic E-state index is 13.6. The molecule has 1 aliphatic rings. The van der Waals surface area contributed by atoms with Crippen molar-refractivity contribution in [2.75, 3.05) is 17.6 Å². The van der Waals surface area contributed by atoms with Crippen molar-refractivity contribution in [1.82, 2.24) is 15.3 Å². The minimum Gasteiger partial charge on any atom is -0.489 e. The number of ether oxygens (including phenoxy) is 2. The van der Waals surface area contributed by atoms with Crippen LogP contribution in [0, 0.1) is 5.82 Å². The fourth-order valence-electron chi connectivity index (χ4n) is 5.84. The molecular weight excluding hydrogens is 683 g/mol. The number of rotatable bonds is 13. The molecule has 11 heteroatoms. The van der Waals surface area contributed by atoms with Gasteiger partial charge in [0.15, 0.2) is 15.4 Å². The first-order valence-corrected chi connectivity index (χ1v) is 17.7. The number of benzene rings is 4. The summed E-state index contributed by atoms with van der Waals surface area (Å²) >= 11 is 3.59. The second-order valence-electron chi connectivity index (χ2n) is 11.3. The third-order valence-electron chi connectivity index (χ3n) is 8.23. The number of fused-ring (bicyclic) bond motifs is 1. The number of sulfone groups is 1. The van der Waals surface area contributed by atoms with E-state index in [1.165, 1.54) is 18.5 Å². The van der Waals surface area contributed by atoms with Gasteiger partial charge in [0, 0.05) is 24.0 Å². The fourth-order valence-corrected chi connectivity index (χ4v) is 7.53. The van der Waals surface area contributed by atoms with E-state index in [-0.39, 0.29) is 30.8 Å². The van der Waals surface area contributed by atoms with Crippen molar-refractivity contribution in [3.05, 3.63) is 131 Å². The zero-order valence-electron chi connectivity index (χ0n) is 25.7. The zero-order chi connectivity index (χ0) is 32.9. The highest BCUT2D eigenvalue weighted by molar-refractivity contribution is 9.10. The topological polar surface area (TPSA) is 102 Å². The monoisotopic (exact) mass is 716 g/mol. The van der Waals surface area contributed by atoms with Crippen molar-refractivity contribution in [2.24, 2.45) is 0 Å². The Morgan fingerprint density at radius 3 is 2.62 bits per heavy atom. The van der Waals surface area contributed by atoms with Crippen LogP contribution in [0.1, 0.15) is 30.9 Å². The summed E-state index contributed by atoms with van der Waals surface area (Å²) in [5, 5.41) is 7.71. The molecule has 0 saturated carbocycles. The Morgan fingerprint density at radius 1 is 1.02 bits per heavy atom. The van der Waals surface area contributed by atoms with Gasteiger partial charge in [-0.05, 0) is 94.2 Å². The molecule has 0 spiro atoms. The van der Waals surface area contributed by atoms with Crippen molar-refractivity contribution in [3.8, 4) is 5.75 Å². The predicted octanol–water partition coefficient (Wildman–Crippen LogP) is 7.83. The fraction of sp³-hybridized carbons (Fsp3) is 0.222. The molecular formula is C36H34BrFN4O4S. The Balaban J connectivity index is 1.21. The van der Waals surface area contributed by atoms with Crippen LogP contribution in [0.3, 0.4) is 0 Å². The normalized spacial score (nSPS) is 16.6. The molecule has 2 atom stereocenters. The molecule has 2 unspecified atom stereocenters. The predicted molar refractivity (Wildman–Crippen MR) is 185 cm³/mol. The van der Waals surface area contributed by atoms with E-state index in [4.69, 9.17) is 9.47 Å². The molecule has 1 aromatic heterocycles. The van der Waals surface area contributed by atoms with Crippen LogP contribution in [0.4, 0.5) is 15.9 Å². The first-order chi connectivity index (χ1) is 22.8. The lowest BCUT2D eigenvalue weighted by molar-refractivity contribution is 0.00159. The summed E-state index contributed by atoms with van der Waals surface area (Å²) in [6, 6.07) is 26.3. The number of hydrogen-bond acceptors (Lipinski definition) is 8. The van der Waals surface area contributed by atoms with Crippen LogP contribution in [0.5, 0.6) is 5.75 Å². The molecule has 1 aliphatic heterocycles. The van der Waals surface area contributed by atoms with Gasteiger partial charge in [-0.2, -0.15) is 0 Å². The van der Waals surface area contributed by atoms with Crippen LogP contribution in [0.2, 0.25) is 0 Å². The molecule has 0 amide bonds. The maximum atomic E-state index is 13.6. The van der Waals surface area contributed by atoms with Crippen LogP contribution in [-0.4, -0.2) is 36.7 Å². The number of halogens is 2. The van der Waals surface area contributed by atoms with Crippen molar-refractivity contribution >= 4 is 48.2 Å². The highest BCUT2D eigenvalue weighted by atomic mass is 79.9. The quantitative estimate of drug-likeness (QED) is 0.127. The van der Waals surface area contributed by atoms with Gasteiger partial charge in [0.25, 0.3) is 0 Å². The van der Waals surface area contributed by atoms with Gasteiger partial charge >= 0.3 is 0 Å². The molecule has 6 rings (SSSR count). The standard InChI is InChI=1S/C36H34BrFN4O4S/c1-2-34(39-17-19-47(43,44)29-10-4-3-5-11-29)36(16-7-18-46-36)26-12-14-32-30(21-26)35(41-24-40-32)42-28-13-15-33(31(37)22-28)45-23-25-8-6-9-27(38)20-25/h3-15,18,20-22,24,34,39H,2,16-17,19,23H2,1H3,(H,40,41,42). The van der Waals surface area contributed by atoms with Crippen molar-refractivity contribution in [2.45, 2.75) is 42.9 Å². The van der Waals surface area contributed by atoms with Gasteiger partial charge in [-0.3, -0.25) is 0 Å². The average Bonchev–Trinajstić information content (AvgIpc) is 3.58. The molecule has 242 valence electrons. The smallest absolute Gasteiger partial charge is 0.179 e. The van der Waals surface area contributed by atoms with Crippen LogP contribution in [0.25, 0.3) is 10.9 Å². The number of nitrogens with one attached hydrogen (secondary N) is 2. The molecule has 8 nitrogen and oxygen atoms in total. The van der Waals surface area contributed by atoms with E-state index in [1.54, 1.807) is 42.7 Å². The Morgan fingerprint density at radius 2 is 1.87 bits per heavy atom. The Bertz CT molecular complexity index is 2000. The van der Waals surface area contributed by atoms with E-state index in [0.29, 0.717) is 29.3 Å². The summed E-state index contributed by atoms with van der Waals surface area (Å²) in [5.41, 5.74) is 2.47. The maximum Gasteiger partial charge on any atom is 0.179 e. The zero-order valence-corrected chi connectivity index (χ0v) is 28.1. The van der Waals surface area contributed by atoms with Gasteiger partial charge in [0.1, 0.15) is 30.3 Å². The minimum atomic E-state index is -3.43. The number of nitrogens with zero attached hydrogens (tertiary/aromatic N) is 2. The molecule has 0 saturated heterocycles. The largest absolute Gasteiger partial charge is 0.489 e. The van der Waals surface area contributed by atoms with Crippen LogP contribution < -0.4 is 15.4 Å². The van der Waals surface area contributed by atoms with Crippen molar-refractivity contribution in [3.63, 3.8) is 0 Å². The first kappa shape index (κ1) is 32.6. The Kier molecular flexibility index (Phi) is 9.86. The number of hydrogen-bond donors (Lipinski definition) is 2. The highest BCUT2D eigenvalue weighted by Crippen LogP contribution is 2.41. The van der Waals surface area contributed by atoms with E-state index in [0.717, 1.165) is 32.2 Å². The summed E-state index contributed by atoms with van der Waals surface area (Å²) in [4.78, 5) is 9.36. The second kappa shape index (κ2) is 14.2. The van der Waals surface area contributed by atoms with Gasteiger partial charge in [-0.1, -0.05) is 43.3 Å². The highest BCUT2D eigenvalue weighted by Gasteiger charge is 2.43. The van der Waals surface area contributed by atoms with Gasteiger partial charge in [-0.15, -0.1) is 0 Å². The lowest BCUT2D eigenvalue weighted by Gasteiger charge is -2.37. The van der Waals surface area contributed by atoms with E-state index >= 15 is 0 Å². The molecule has 0 aliphatic carbocycles. The van der Waals surface area contributed by atoms with E-state index < -0.39 is 15.4 Å². The summed E-state index contributed by atoms with van der Waals surface area (Å²) in [7, 11) is -3.43. The molecule has 0 radical (unpaired) electrons. The number of anilines is 2. The van der Waals surface area contributed by atoms with Crippen molar-refractivity contribution in [1.29, 1.82) is 0 Å². The SMILES string of the molecule is CCC(NCCS(=O)(=O)c1ccccc1)C1(c2ccc3ncnc(Nc4ccc(OCc5cccc(F)c5)c(Br)c4)c3c2)CC=CO1. The summed E-state index contributed by atoms with van der Waals surface area (Å²) < 4.78 is 52.4. The first-order valence-electron chi connectivity index (χ1n) is 15.3. The average molecular weight is 718 g/mol. The molecule has 47 heavy (non-hydrogen) atoms. The second-order valence-corrected chi connectivity index (χ2v) is 14.2. The lowest BCUT2D eigenvalue weighted by Crippen LogP contribution is -2.49. The third-order valence-corrected chi connectivity index (χ3v) is 10.6.